The molecule has 0 N–H and O–H groups in total. The van der Waals surface area contributed by atoms with Crippen LogP contribution in [0.5, 0.6) is 0 Å². The maximum atomic E-state index is 10.9. The number of hydrogen-bond donors (Lipinski definition) is 0. The lowest BCUT2D eigenvalue weighted by atomic mass is 10.3. The van der Waals surface area contributed by atoms with Crippen molar-refractivity contribution in [3.05, 3.63) is 30.0 Å². The molecular weight excluding hydrogens is 266 g/mol. The van der Waals surface area contributed by atoms with Gasteiger partial charge in [0.15, 0.2) is 11.6 Å². The molecule has 0 bridgehead atoms. The first-order valence-corrected chi connectivity index (χ1v) is 7.56. The molecule has 5 nitrogen and oxygen atoms in total. The number of imidazole rings is 1. The second-order valence-corrected chi connectivity index (χ2v) is 5.56. The van der Waals surface area contributed by atoms with Crippen LogP contribution in [0.4, 0.5) is 0 Å². The summed E-state index contributed by atoms with van der Waals surface area (Å²) in [7, 11) is 0. The average molecular weight is 289 g/mol. The van der Waals surface area contributed by atoms with E-state index in [2.05, 4.69) is 14.5 Å². The molecule has 0 radical (unpaired) electrons. The summed E-state index contributed by atoms with van der Waals surface area (Å²) in [6.45, 7) is 6.38. The van der Waals surface area contributed by atoms with Crippen molar-refractivity contribution < 1.29 is 9.59 Å². The number of rotatable bonds is 3. The Morgan fingerprint density at radius 1 is 1.14 bits per heavy atom. The van der Waals surface area contributed by atoms with Gasteiger partial charge in [0.1, 0.15) is 11.5 Å². The number of aromatic nitrogens is 2. The predicted molar refractivity (Wildman–Crippen MR) is 81.2 cm³/mol. The summed E-state index contributed by atoms with van der Waals surface area (Å²) < 4.78 is 2.07. The van der Waals surface area contributed by atoms with Crippen molar-refractivity contribution >= 4 is 11.6 Å². The third kappa shape index (κ3) is 4.55. The molecule has 1 aromatic heterocycles. The van der Waals surface area contributed by atoms with Crippen LogP contribution in [0.3, 0.4) is 0 Å². The molecule has 1 fully saturated rings. The highest BCUT2D eigenvalue weighted by Gasteiger charge is 2.14. The quantitative estimate of drug-likeness (QED) is 0.632. The molecule has 2 aliphatic rings. The van der Waals surface area contributed by atoms with Gasteiger partial charge in [0, 0.05) is 45.4 Å². The second kappa shape index (κ2) is 7.20. The fraction of sp³-hybridized carbons (Fsp3) is 0.562. The van der Waals surface area contributed by atoms with Crippen molar-refractivity contribution in [2.24, 2.45) is 0 Å². The third-order valence-electron chi connectivity index (χ3n) is 3.68. The molecule has 0 saturated carbocycles. The molecule has 2 aliphatic heterocycles. The van der Waals surface area contributed by atoms with E-state index < -0.39 is 0 Å². The van der Waals surface area contributed by atoms with E-state index in [0.29, 0.717) is 5.69 Å². The number of allylic oxidation sites excluding steroid dienone is 1. The van der Waals surface area contributed by atoms with E-state index in [9.17, 15) is 9.59 Å². The van der Waals surface area contributed by atoms with Crippen LogP contribution in [0.25, 0.3) is 0 Å². The zero-order valence-electron chi connectivity index (χ0n) is 12.8. The number of ketones is 2. The molecule has 0 unspecified atom stereocenters. The monoisotopic (exact) mass is 289 g/mol. The zero-order valence-corrected chi connectivity index (χ0v) is 12.8. The van der Waals surface area contributed by atoms with Crippen molar-refractivity contribution in [3.63, 3.8) is 0 Å². The van der Waals surface area contributed by atoms with Crippen LogP contribution >= 0.6 is 0 Å². The molecule has 3 rings (SSSR count). The van der Waals surface area contributed by atoms with Crippen LogP contribution < -0.4 is 0 Å². The van der Waals surface area contributed by atoms with Gasteiger partial charge < -0.3 is 9.47 Å². The average Bonchev–Trinajstić information content (AvgIpc) is 3.13. The molecule has 0 spiro atoms. The van der Waals surface area contributed by atoms with Gasteiger partial charge in [-0.05, 0) is 32.3 Å². The summed E-state index contributed by atoms with van der Waals surface area (Å²) in [5.74, 6) is 1.26. The van der Waals surface area contributed by atoms with Crippen molar-refractivity contribution in [1.29, 1.82) is 0 Å². The fourth-order valence-electron chi connectivity index (χ4n) is 2.53. The molecule has 0 aromatic carbocycles. The SMILES string of the molecule is CC(=O)/C=C/N1CCCC1.CC(=O)c1cn2c(n1)CCC2. The van der Waals surface area contributed by atoms with Gasteiger partial charge in [-0.3, -0.25) is 9.59 Å². The lowest BCUT2D eigenvalue weighted by Crippen LogP contribution is -2.10. The summed E-state index contributed by atoms with van der Waals surface area (Å²) in [6.07, 6.45) is 10.1. The molecule has 0 aliphatic carbocycles. The van der Waals surface area contributed by atoms with Crippen LogP contribution in [0.1, 0.15) is 49.4 Å². The van der Waals surface area contributed by atoms with Crippen LogP contribution in [0.15, 0.2) is 18.5 Å². The highest BCUT2D eigenvalue weighted by atomic mass is 16.1. The molecule has 1 aromatic rings. The number of fused-ring (bicyclic) bond motifs is 1. The Morgan fingerprint density at radius 3 is 2.43 bits per heavy atom. The van der Waals surface area contributed by atoms with Gasteiger partial charge in [0.05, 0.1) is 0 Å². The van der Waals surface area contributed by atoms with Gasteiger partial charge in [0.25, 0.3) is 0 Å². The number of Topliss-reactive ketones (excluding diaryl/α,β-unsaturated/α-hetero) is 1. The highest BCUT2D eigenvalue weighted by molar-refractivity contribution is 5.91. The molecule has 5 heteroatoms. The van der Waals surface area contributed by atoms with Crippen LogP contribution in [-0.4, -0.2) is 39.1 Å². The van der Waals surface area contributed by atoms with Gasteiger partial charge in [-0.15, -0.1) is 0 Å². The summed E-state index contributed by atoms with van der Waals surface area (Å²) in [6, 6.07) is 0. The lowest BCUT2D eigenvalue weighted by Gasteiger charge is -2.08. The summed E-state index contributed by atoms with van der Waals surface area (Å²) in [5.41, 5.74) is 0.611. The maximum absolute atomic E-state index is 10.9. The Balaban J connectivity index is 0.000000155. The van der Waals surface area contributed by atoms with Crippen molar-refractivity contribution in [2.45, 2.75) is 46.1 Å². The van der Waals surface area contributed by atoms with Crippen molar-refractivity contribution in [3.8, 4) is 0 Å². The van der Waals surface area contributed by atoms with E-state index in [1.165, 1.54) is 19.3 Å². The van der Waals surface area contributed by atoms with Gasteiger partial charge in [-0.25, -0.2) is 4.98 Å². The van der Waals surface area contributed by atoms with Crippen molar-refractivity contribution in [1.82, 2.24) is 14.5 Å². The first-order chi connectivity index (χ1) is 10.1. The van der Waals surface area contributed by atoms with Gasteiger partial charge >= 0.3 is 0 Å². The minimum absolute atomic E-state index is 0.0619. The van der Waals surface area contributed by atoms with Crippen molar-refractivity contribution in [2.75, 3.05) is 13.1 Å². The number of carbonyl (C=O) groups is 2. The second-order valence-electron chi connectivity index (χ2n) is 5.56. The largest absolute Gasteiger partial charge is 0.377 e. The predicted octanol–water partition coefficient (Wildman–Crippen LogP) is 2.22. The minimum atomic E-state index is 0.0619. The Hall–Kier alpha value is -1.91. The van der Waals surface area contributed by atoms with E-state index in [4.69, 9.17) is 0 Å². The number of nitrogens with zero attached hydrogens (tertiary/aromatic N) is 3. The minimum Gasteiger partial charge on any atom is -0.377 e. The molecular formula is C16H23N3O2. The highest BCUT2D eigenvalue weighted by Crippen LogP contribution is 2.14. The maximum Gasteiger partial charge on any atom is 0.179 e. The smallest absolute Gasteiger partial charge is 0.179 e. The third-order valence-corrected chi connectivity index (χ3v) is 3.68. The topological polar surface area (TPSA) is 55.2 Å². The number of carbonyl (C=O) groups excluding carboxylic acids is 2. The van der Waals surface area contributed by atoms with Gasteiger partial charge in [0.2, 0.25) is 0 Å². The Labute approximate surface area is 125 Å². The molecule has 0 amide bonds. The van der Waals surface area contributed by atoms with Crippen LogP contribution in [-0.2, 0) is 17.8 Å². The Morgan fingerprint density at radius 2 is 1.86 bits per heavy atom. The molecule has 1 saturated heterocycles. The first-order valence-electron chi connectivity index (χ1n) is 7.56. The molecule has 21 heavy (non-hydrogen) atoms. The number of hydrogen-bond acceptors (Lipinski definition) is 4. The van der Waals surface area contributed by atoms with Crippen LogP contribution in [0.2, 0.25) is 0 Å². The van der Waals surface area contributed by atoms with E-state index in [0.717, 1.165) is 31.9 Å². The lowest BCUT2D eigenvalue weighted by molar-refractivity contribution is -0.112. The zero-order chi connectivity index (χ0) is 15.2. The van der Waals surface area contributed by atoms with E-state index >= 15 is 0 Å². The van der Waals surface area contributed by atoms with Gasteiger partial charge in [-0.2, -0.15) is 0 Å². The number of likely N-dealkylation sites (tertiary alicyclic amines) is 1. The Bertz CT molecular complexity index is 518. The molecule has 3 heterocycles. The fourth-order valence-corrected chi connectivity index (χ4v) is 2.53. The normalized spacial score (nSPS) is 16.8. The van der Waals surface area contributed by atoms with Crippen LogP contribution in [0, 0.1) is 0 Å². The van der Waals surface area contributed by atoms with E-state index in [-0.39, 0.29) is 11.6 Å². The Kier molecular flexibility index (Phi) is 5.31. The summed E-state index contributed by atoms with van der Waals surface area (Å²) in [4.78, 5) is 27.7. The molecule has 0 atom stereocenters. The summed E-state index contributed by atoms with van der Waals surface area (Å²) >= 11 is 0. The van der Waals surface area contributed by atoms with Gasteiger partial charge in [-0.1, -0.05) is 0 Å². The van der Waals surface area contributed by atoms with E-state index in [1.807, 2.05) is 12.4 Å². The number of aryl methyl sites for hydroxylation is 2. The molecule has 114 valence electrons. The summed E-state index contributed by atoms with van der Waals surface area (Å²) in [5, 5.41) is 0. The first kappa shape index (κ1) is 15.5. The van der Waals surface area contributed by atoms with E-state index in [1.54, 1.807) is 19.9 Å². The standard InChI is InChI=1S/C8H10N2O.C8H13NO/c1-6(11)7-5-10-4-2-3-8(10)9-7;1-8(10)4-7-9-5-2-3-6-9/h5H,2-4H2,1H3;4,7H,2-3,5-6H2,1H3/b;7-4+.